The lowest BCUT2D eigenvalue weighted by Crippen LogP contribution is -2.07. The number of hydrogen-bond donors (Lipinski definition) is 1. The van der Waals surface area contributed by atoms with E-state index in [2.05, 4.69) is 15.0 Å². The summed E-state index contributed by atoms with van der Waals surface area (Å²) in [5.74, 6) is 0.307. The molecule has 0 unspecified atom stereocenters. The van der Waals surface area contributed by atoms with E-state index in [1.54, 1.807) is 18.2 Å². The van der Waals surface area contributed by atoms with Crippen LogP contribution in [0.1, 0.15) is 5.56 Å². The highest BCUT2D eigenvalue weighted by atomic mass is 32.2. The summed E-state index contributed by atoms with van der Waals surface area (Å²) in [6.07, 6.45) is 4.15. The zero-order chi connectivity index (χ0) is 23.2. The lowest BCUT2D eigenvalue weighted by Gasteiger charge is -2.10. The summed E-state index contributed by atoms with van der Waals surface area (Å²) in [4.78, 5) is 12.0. The third kappa shape index (κ3) is 4.12. The molecule has 1 N–H and O–H groups in total. The first kappa shape index (κ1) is 21.3. The minimum atomic E-state index is -3.76. The molecule has 0 amide bonds. The van der Waals surface area contributed by atoms with Gasteiger partial charge in [0.05, 0.1) is 26.6 Å². The van der Waals surface area contributed by atoms with Crippen LogP contribution in [0.25, 0.3) is 33.2 Å². The Bertz CT molecular complexity index is 1730. The lowest BCUT2D eigenvalue weighted by molar-refractivity contribution is 0.594. The second-order valence-electron chi connectivity index (χ2n) is 7.85. The standard InChI is InChI=1S/C24H19N3O4S2/c1-32(28,29)23-12-16(11-18-14-25-10-9-20(18)23)15-33(30,31)19-7-8-21-22(13-19)27-24(26-21)17-5-3-2-4-6-17/h2-14H,15H2,1H3,(H,26,27). The molecular formula is C24H19N3O4S2. The third-order valence-corrected chi connectivity index (χ3v) is 8.21. The maximum atomic E-state index is 13.2. The molecule has 0 fully saturated rings. The van der Waals surface area contributed by atoms with Crippen molar-refractivity contribution in [1.82, 2.24) is 15.0 Å². The average Bonchev–Trinajstić information content (AvgIpc) is 3.22. The first-order valence-corrected chi connectivity index (χ1v) is 13.6. The Morgan fingerprint density at radius 3 is 2.45 bits per heavy atom. The molecule has 0 spiro atoms. The smallest absolute Gasteiger partial charge is 0.182 e. The topological polar surface area (TPSA) is 110 Å². The van der Waals surface area contributed by atoms with Gasteiger partial charge in [-0.3, -0.25) is 4.98 Å². The van der Waals surface area contributed by atoms with E-state index >= 15 is 0 Å². The fourth-order valence-electron chi connectivity index (χ4n) is 3.84. The molecule has 0 bridgehead atoms. The fourth-order valence-corrected chi connectivity index (χ4v) is 6.13. The van der Waals surface area contributed by atoms with Crippen LogP contribution in [0.5, 0.6) is 0 Å². The van der Waals surface area contributed by atoms with Crippen LogP contribution in [0.3, 0.4) is 0 Å². The van der Waals surface area contributed by atoms with Crippen molar-refractivity contribution in [2.45, 2.75) is 15.5 Å². The molecule has 0 aliphatic heterocycles. The van der Waals surface area contributed by atoms with E-state index in [4.69, 9.17) is 0 Å². The van der Waals surface area contributed by atoms with Crippen molar-refractivity contribution in [3.05, 3.63) is 84.7 Å². The van der Waals surface area contributed by atoms with Gasteiger partial charge < -0.3 is 4.98 Å². The van der Waals surface area contributed by atoms with Crippen molar-refractivity contribution in [3.63, 3.8) is 0 Å². The van der Waals surface area contributed by atoms with Crippen LogP contribution in [-0.2, 0) is 25.4 Å². The number of nitrogens with one attached hydrogen (secondary N) is 1. The maximum absolute atomic E-state index is 13.2. The number of nitrogens with zero attached hydrogens (tertiary/aromatic N) is 2. The molecule has 5 aromatic rings. The number of fused-ring (bicyclic) bond motifs is 2. The lowest BCUT2D eigenvalue weighted by atomic mass is 10.1. The predicted octanol–water partition coefficient (Wildman–Crippen LogP) is 4.16. The van der Waals surface area contributed by atoms with Crippen molar-refractivity contribution in [3.8, 4) is 11.4 Å². The van der Waals surface area contributed by atoms with Crippen molar-refractivity contribution >= 4 is 41.5 Å². The van der Waals surface area contributed by atoms with Crippen LogP contribution in [0.4, 0.5) is 0 Å². The molecule has 0 saturated heterocycles. The van der Waals surface area contributed by atoms with Gasteiger partial charge in [0.2, 0.25) is 0 Å². The summed E-state index contributed by atoms with van der Waals surface area (Å²) in [5, 5.41) is 1.08. The van der Waals surface area contributed by atoms with Gasteiger partial charge in [-0.1, -0.05) is 30.3 Å². The monoisotopic (exact) mass is 477 g/mol. The summed E-state index contributed by atoms with van der Waals surface area (Å²) in [6.45, 7) is 0. The minimum Gasteiger partial charge on any atom is -0.338 e. The summed E-state index contributed by atoms with van der Waals surface area (Å²) in [7, 11) is -7.32. The molecule has 0 atom stereocenters. The molecule has 33 heavy (non-hydrogen) atoms. The Hall–Kier alpha value is -3.56. The predicted molar refractivity (Wildman–Crippen MR) is 127 cm³/mol. The van der Waals surface area contributed by atoms with E-state index < -0.39 is 19.7 Å². The van der Waals surface area contributed by atoms with E-state index in [9.17, 15) is 16.8 Å². The Kier molecular flexibility index (Phi) is 5.02. The highest BCUT2D eigenvalue weighted by Gasteiger charge is 2.20. The van der Waals surface area contributed by atoms with Gasteiger partial charge >= 0.3 is 0 Å². The van der Waals surface area contributed by atoms with Gasteiger partial charge in [-0.05, 0) is 42.0 Å². The molecule has 9 heteroatoms. The van der Waals surface area contributed by atoms with Gasteiger partial charge in [0, 0.05) is 35.0 Å². The minimum absolute atomic E-state index is 0.0860. The highest BCUT2D eigenvalue weighted by molar-refractivity contribution is 7.91. The quantitative estimate of drug-likeness (QED) is 0.407. The number of benzene rings is 3. The van der Waals surface area contributed by atoms with Gasteiger partial charge in [-0.2, -0.15) is 0 Å². The first-order valence-electron chi connectivity index (χ1n) is 10.1. The van der Waals surface area contributed by atoms with Gasteiger partial charge in [0.1, 0.15) is 5.82 Å². The van der Waals surface area contributed by atoms with E-state index in [1.807, 2.05) is 30.3 Å². The van der Waals surface area contributed by atoms with Gasteiger partial charge in [0.25, 0.3) is 0 Å². The highest BCUT2D eigenvalue weighted by Crippen LogP contribution is 2.28. The van der Waals surface area contributed by atoms with Crippen LogP contribution in [0.2, 0.25) is 0 Å². The first-order chi connectivity index (χ1) is 15.7. The Morgan fingerprint density at radius 1 is 0.909 bits per heavy atom. The van der Waals surface area contributed by atoms with Crippen LogP contribution in [-0.4, -0.2) is 38.0 Å². The van der Waals surface area contributed by atoms with Crippen molar-refractivity contribution in [2.75, 3.05) is 6.26 Å². The van der Waals surface area contributed by atoms with Crippen LogP contribution in [0, 0.1) is 0 Å². The zero-order valence-corrected chi connectivity index (χ0v) is 19.2. The van der Waals surface area contributed by atoms with Gasteiger partial charge in [0.15, 0.2) is 19.7 Å². The number of aromatic nitrogens is 3. The molecular weight excluding hydrogens is 458 g/mol. The maximum Gasteiger partial charge on any atom is 0.182 e. The molecule has 166 valence electrons. The van der Waals surface area contributed by atoms with Crippen molar-refractivity contribution in [1.29, 1.82) is 0 Å². The zero-order valence-electron chi connectivity index (χ0n) is 17.6. The molecule has 0 aliphatic carbocycles. The number of H-pyrrole nitrogens is 1. The molecule has 2 aromatic heterocycles. The summed E-state index contributed by atoms with van der Waals surface area (Å²) >= 11 is 0. The molecule has 7 nitrogen and oxygen atoms in total. The summed E-state index contributed by atoms with van der Waals surface area (Å²) in [6, 6.07) is 19.0. The second kappa shape index (κ2) is 7.79. The van der Waals surface area contributed by atoms with Crippen LogP contribution in [0.15, 0.2) is 88.9 Å². The van der Waals surface area contributed by atoms with Crippen LogP contribution >= 0.6 is 0 Å². The molecule has 0 saturated carbocycles. The van der Waals surface area contributed by atoms with E-state index in [1.165, 1.54) is 30.6 Å². The Balaban J connectivity index is 1.55. The van der Waals surface area contributed by atoms with E-state index in [0.717, 1.165) is 17.3 Å². The molecule has 3 aromatic carbocycles. The van der Waals surface area contributed by atoms with Gasteiger partial charge in [-0.25, -0.2) is 21.8 Å². The average molecular weight is 478 g/mol. The number of imidazole rings is 1. The van der Waals surface area contributed by atoms with Gasteiger partial charge in [-0.15, -0.1) is 0 Å². The molecule has 0 aliphatic rings. The number of sulfone groups is 2. The number of rotatable bonds is 5. The largest absolute Gasteiger partial charge is 0.338 e. The fraction of sp³-hybridized carbons (Fsp3) is 0.0833. The van der Waals surface area contributed by atoms with E-state index in [-0.39, 0.29) is 15.5 Å². The summed E-state index contributed by atoms with van der Waals surface area (Å²) < 4.78 is 51.1. The van der Waals surface area contributed by atoms with E-state index in [0.29, 0.717) is 27.7 Å². The normalized spacial score (nSPS) is 12.4. The molecule has 0 radical (unpaired) electrons. The van der Waals surface area contributed by atoms with Crippen LogP contribution < -0.4 is 0 Å². The third-order valence-electron chi connectivity index (χ3n) is 5.39. The Morgan fingerprint density at radius 2 is 1.70 bits per heavy atom. The number of pyridine rings is 1. The number of aromatic amines is 1. The number of hydrogen-bond acceptors (Lipinski definition) is 6. The summed E-state index contributed by atoms with van der Waals surface area (Å²) in [5.41, 5.74) is 2.54. The molecule has 2 heterocycles. The SMILES string of the molecule is CS(=O)(=O)c1cc(CS(=O)(=O)c2ccc3[nH]c(-c4ccccc4)nc3c2)cc2cnccc12. The Labute approximate surface area is 191 Å². The van der Waals surface area contributed by atoms with Crippen molar-refractivity contribution < 1.29 is 16.8 Å². The second-order valence-corrected chi connectivity index (χ2v) is 11.8. The van der Waals surface area contributed by atoms with Crippen molar-refractivity contribution in [2.24, 2.45) is 0 Å². The molecule has 5 rings (SSSR count).